The van der Waals surface area contributed by atoms with E-state index >= 15 is 0 Å². The minimum absolute atomic E-state index is 0.444. The van der Waals surface area contributed by atoms with Gasteiger partial charge in [-0.25, -0.2) is 0 Å². The van der Waals surface area contributed by atoms with Crippen molar-refractivity contribution >= 4 is 0 Å². The van der Waals surface area contributed by atoms with Crippen LogP contribution in [0.25, 0.3) is 0 Å². The van der Waals surface area contributed by atoms with Gasteiger partial charge in [-0.05, 0) is 43.1 Å². The maximum absolute atomic E-state index is 12.5. The molecule has 16 heavy (non-hydrogen) atoms. The molecule has 0 bridgehead atoms. The van der Waals surface area contributed by atoms with E-state index in [1.165, 1.54) is 13.2 Å². The first kappa shape index (κ1) is 12.8. The molecule has 5 heteroatoms. The number of alkyl halides is 3. The molecule has 1 rings (SSSR count). The van der Waals surface area contributed by atoms with Crippen LogP contribution in [0.1, 0.15) is 17.5 Å². The lowest BCUT2D eigenvalue weighted by Crippen LogP contribution is -2.07. The number of rotatable bonds is 4. The van der Waals surface area contributed by atoms with E-state index in [1.54, 1.807) is 0 Å². The minimum Gasteiger partial charge on any atom is -0.496 e. The highest BCUT2D eigenvalue weighted by atomic mass is 19.4. The predicted molar refractivity (Wildman–Crippen MR) is 55.4 cm³/mol. The number of benzene rings is 1. The average Bonchev–Trinajstić information content (AvgIpc) is 2.24. The van der Waals surface area contributed by atoms with E-state index < -0.39 is 11.7 Å². The second-order valence-electron chi connectivity index (χ2n) is 3.42. The van der Waals surface area contributed by atoms with E-state index in [0.29, 0.717) is 30.7 Å². The number of halogens is 3. The van der Waals surface area contributed by atoms with Crippen molar-refractivity contribution in [3.8, 4) is 5.75 Å². The first-order valence-electron chi connectivity index (χ1n) is 4.93. The minimum atomic E-state index is -4.32. The largest absolute Gasteiger partial charge is 0.496 e. The summed E-state index contributed by atoms with van der Waals surface area (Å²) in [5.41, 5.74) is 5.22. The van der Waals surface area contributed by atoms with E-state index in [9.17, 15) is 13.2 Å². The molecule has 0 heterocycles. The zero-order valence-corrected chi connectivity index (χ0v) is 8.97. The van der Waals surface area contributed by atoms with Gasteiger partial charge in [0.2, 0.25) is 0 Å². The van der Waals surface area contributed by atoms with Gasteiger partial charge in [0.1, 0.15) is 5.75 Å². The van der Waals surface area contributed by atoms with Gasteiger partial charge in [0.25, 0.3) is 0 Å². The van der Waals surface area contributed by atoms with Gasteiger partial charge in [-0.1, -0.05) is 0 Å². The Labute approximate surface area is 92.2 Å². The highest BCUT2D eigenvalue weighted by Gasteiger charge is 2.30. The molecule has 0 aliphatic heterocycles. The van der Waals surface area contributed by atoms with Gasteiger partial charge in [-0.2, -0.15) is 13.2 Å². The Morgan fingerprint density at radius 3 is 2.50 bits per heavy atom. The van der Waals surface area contributed by atoms with Crippen LogP contribution in [0.2, 0.25) is 0 Å². The fourth-order valence-electron chi connectivity index (χ4n) is 1.44. The maximum Gasteiger partial charge on any atom is 0.416 e. The fraction of sp³-hybridized carbons (Fsp3) is 0.455. The Hall–Kier alpha value is -1.23. The molecule has 2 nitrogen and oxygen atoms in total. The second-order valence-corrected chi connectivity index (χ2v) is 3.42. The van der Waals surface area contributed by atoms with Crippen LogP contribution < -0.4 is 10.5 Å². The molecule has 0 amide bonds. The molecule has 1 aromatic carbocycles. The molecule has 0 spiro atoms. The molecular weight excluding hydrogens is 219 g/mol. The quantitative estimate of drug-likeness (QED) is 0.867. The van der Waals surface area contributed by atoms with Crippen LogP contribution in [0.3, 0.4) is 0 Å². The molecule has 0 atom stereocenters. The normalized spacial score (nSPS) is 11.6. The molecule has 0 saturated carbocycles. The van der Waals surface area contributed by atoms with Gasteiger partial charge >= 0.3 is 6.18 Å². The number of aryl methyl sites for hydroxylation is 1. The molecule has 0 radical (unpaired) electrons. The van der Waals surface area contributed by atoms with Crippen molar-refractivity contribution in [3.63, 3.8) is 0 Å². The highest BCUT2D eigenvalue weighted by molar-refractivity contribution is 5.38. The van der Waals surface area contributed by atoms with Crippen molar-refractivity contribution in [1.82, 2.24) is 0 Å². The lowest BCUT2D eigenvalue weighted by molar-refractivity contribution is -0.137. The van der Waals surface area contributed by atoms with Crippen molar-refractivity contribution < 1.29 is 17.9 Å². The summed E-state index contributed by atoms with van der Waals surface area (Å²) < 4.78 is 42.4. The van der Waals surface area contributed by atoms with E-state index in [0.717, 1.165) is 12.1 Å². The summed E-state index contributed by atoms with van der Waals surface area (Å²) in [6.07, 6.45) is -3.19. The summed E-state index contributed by atoms with van der Waals surface area (Å²) in [6.45, 7) is 0.444. The first-order valence-corrected chi connectivity index (χ1v) is 4.93. The summed E-state index contributed by atoms with van der Waals surface area (Å²) in [7, 11) is 1.44. The van der Waals surface area contributed by atoms with E-state index in [1.807, 2.05) is 0 Å². The lowest BCUT2D eigenvalue weighted by atomic mass is 10.0. The number of hydrogen-bond acceptors (Lipinski definition) is 2. The number of ether oxygens (including phenoxy) is 1. The number of methoxy groups -OCH3 is 1. The Morgan fingerprint density at radius 1 is 1.31 bits per heavy atom. The molecule has 90 valence electrons. The van der Waals surface area contributed by atoms with Gasteiger partial charge < -0.3 is 10.5 Å². The van der Waals surface area contributed by atoms with Gasteiger partial charge in [0, 0.05) is 0 Å². The van der Waals surface area contributed by atoms with Crippen molar-refractivity contribution in [3.05, 3.63) is 29.3 Å². The predicted octanol–water partition coefficient (Wildman–Crippen LogP) is 2.61. The van der Waals surface area contributed by atoms with Crippen LogP contribution in [0.15, 0.2) is 18.2 Å². The maximum atomic E-state index is 12.5. The Balaban J connectivity index is 3.01. The van der Waals surface area contributed by atoms with E-state index in [-0.39, 0.29) is 0 Å². The van der Waals surface area contributed by atoms with Crippen molar-refractivity contribution in [1.29, 1.82) is 0 Å². The molecule has 0 aliphatic carbocycles. The topological polar surface area (TPSA) is 35.2 Å². The number of nitrogens with two attached hydrogens (primary N) is 1. The average molecular weight is 233 g/mol. The fourth-order valence-corrected chi connectivity index (χ4v) is 1.44. The summed E-state index contributed by atoms with van der Waals surface area (Å²) in [5.74, 6) is 0.474. The molecular formula is C11H14F3NO. The monoisotopic (exact) mass is 233 g/mol. The molecule has 0 fully saturated rings. The molecule has 2 N–H and O–H groups in total. The zero-order chi connectivity index (χ0) is 12.2. The van der Waals surface area contributed by atoms with Crippen LogP contribution in [0, 0.1) is 0 Å². The number of hydrogen-bond donors (Lipinski definition) is 1. The smallest absolute Gasteiger partial charge is 0.416 e. The molecule has 0 saturated heterocycles. The second kappa shape index (κ2) is 5.21. The third-order valence-electron chi connectivity index (χ3n) is 2.26. The van der Waals surface area contributed by atoms with Crippen LogP contribution in [-0.2, 0) is 12.6 Å². The van der Waals surface area contributed by atoms with Gasteiger partial charge in [-0.3, -0.25) is 0 Å². The molecule has 0 aliphatic rings. The van der Waals surface area contributed by atoms with Crippen molar-refractivity contribution in [2.24, 2.45) is 5.73 Å². The van der Waals surface area contributed by atoms with Gasteiger partial charge in [0.15, 0.2) is 0 Å². The lowest BCUT2D eigenvalue weighted by Gasteiger charge is -2.12. The van der Waals surface area contributed by atoms with Crippen molar-refractivity contribution in [2.75, 3.05) is 13.7 Å². The third-order valence-corrected chi connectivity index (χ3v) is 2.26. The molecule has 0 unspecified atom stereocenters. The van der Waals surface area contributed by atoms with Gasteiger partial charge in [0.05, 0.1) is 12.7 Å². The zero-order valence-electron chi connectivity index (χ0n) is 8.97. The molecule has 1 aromatic rings. The van der Waals surface area contributed by atoms with Crippen LogP contribution >= 0.6 is 0 Å². The third kappa shape index (κ3) is 3.13. The highest BCUT2D eigenvalue weighted by Crippen LogP contribution is 2.32. The van der Waals surface area contributed by atoms with Crippen LogP contribution in [0.4, 0.5) is 13.2 Å². The van der Waals surface area contributed by atoms with Crippen LogP contribution in [0.5, 0.6) is 5.75 Å². The summed E-state index contributed by atoms with van der Waals surface area (Å²) >= 11 is 0. The van der Waals surface area contributed by atoms with E-state index in [4.69, 9.17) is 10.5 Å². The summed E-state index contributed by atoms with van der Waals surface area (Å²) in [4.78, 5) is 0. The first-order chi connectivity index (χ1) is 7.49. The molecule has 0 aromatic heterocycles. The summed E-state index contributed by atoms with van der Waals surface area (Å²) in [5, 5.41) is 0. The summed E-state index contributed by atoms with van der Waals surface area (Å²) in [6, 6.07) is 3.48. The van der Waals surface area contributed by atoms with Crippen LogP contribution in [-0.4, -0.2) is 13.7 Å². The standard InChI is InChI=1S/C11H14F3NO/c1-16-10-5-4-9(11(12,13)14)7-8(10)3-2-6-15/h4-5,7H,2-3,6,15H2,1H3. The van der Waals surface area contributed by atoms with Crippen molar-refractivity contribution in [2.45, 2.75) is 19.0 Å². The van der Waals surface area contributed by atoms with E-state index in [2.05, 4.69) is 0 Å². The Morgan fingerprint density at radius 2 is 2.00 bits per heavy atom. The Bertz CT molecular complexity index is 350. The Kier molecular flexibility index (Phi) is 4.18. The SMILES string of the molecule is COc1ccc(C(F)(F)F)cc1CCCN. The van der Waals surface area contributed by atoms with Gasteiger partial charge in [-0.15, -0.1) is 0 Å².